The average Bonchev–Trinajstić information content (AvgIpc) is 3.04. The smallest absolute Gasteiger partial charge is 0.0741 e. The second kappa shape index (κ2) is 14.5. The molecular formula is C37H45ClN4. The van der Waals surface area contributed by atoms with Gasteiger partial charge in [-0.05, 0) is 92.9 Å². The zero-order valence-electron chi connectivity index (χ0n) is 24.9. The molecule has 1 fully saturated rings. The van der Waals surface area contributed by atoms with Gasteiger partial charge in [-0.25, -0.2) is 0 Å². The van der Waals surface area contributed by atoms with Crippen LogP contribution in [0.25, 0.3) is 10.9 Å². The Balaban J connectivity index is 0.925. The number of pyridine rings is 1. The molecule has 0 amide bonds. The van der Waals surface area contributed by atoms with E-state index in [1.807, 2.05) is 12.1 Å². The molecule has 4 nitrogen and oxygen atoms in total. The lowest BCUT2D eigenvalue weighted by atomic mass is 9.88. The fraction of sp³-hybridized carbons (Fsp3) is 0.432. The van der Waals surface area contributed by atoms with Gasteiger partial charge in [0.1, 0.15) is 0 Å². The summed E-state index contributed by atoms with van der Waals surface area (Å²) in [6, 6.07) is 28.2. The Kier molecular flexibility index (Phi) is 10.1. The van der Waals surface area contributed by atoms with Crippen LogP contribution in [0.4, 0.5) is 5.69 Å². The monoisotopic (exact) mass is 580 g/mol. The minimum absolute atomic E-state index is 0.465. The molecule has 1 aromatic heterocycles. The number of hydrogen-bond acceptors (Lipinski definition) is 4. The highest BCUT2D eigenvalue weighted by Gasteiger charge is 2.20. The number of fused-ring (bicyclic) bond motifs is 2. The predicted molar refractivity (Wildman–Crippen MR) is 178 cm³/mol. The molecule has 0 radical (unpaired) electrons. The maximum atomic E-state index is 6.30. The van der Waals surface area contributed by atoms with Gasteiger partial charge in [-0.3, -0.25) is 4.98 Å². The molecule has 6 rings (SSSR count). The highest BCUT2D eigenvalue weighted by atomic mass is 35.5. The number of piperazine rings is 1. The number of anilines is 1. The van der Waals surface area contributed by atoms with Crippen molar-refractivity contribution < 1.29 is 0 Å². The van der Waals surface area contributed by atoms with Crippen molar-refractivity contribution >= 4 is 28.2 Å². The highest BCUT2D eigenvalue weighted by molar-refractivity contribution is 6.31. The first-order chi connectivity index (χ1) is 20.7. The molecule has 0 spiro atoms. The summed E-state index contributed by atoms with van der Waals surface area (Å²) in [5, 5.41) is 5.81. The fourth-order valence-corrected chi connectivity index (χ4v) is 7.06. The Morgan fingerprint density at radius 2 is 1.40 bits per heavy atom. The van der Waals surface area contributed by atoms with Gasteiger partial charge in [0.2, 0.25) is 0 Å². The molecule has 42 heavy (non-hydrogen) atoms. The van der Waals surface area contributed by atoms with E-state index in [1.54, 1.807) is 0 Å². The Bertz CT molecular complexity index is 1380. The number of unbranched alkanes of at least 4 members (excludes halogenated alkanes) is 2. The maximum Gasteiger partial charge on any atom is 0.0741 e. The van der Waals surface area contributed by atoms with Crippen LogP contribution in [0, 0.1) is 0 Å². The Morgan fingerprint density at radius 1 is 0.738 bits per heavy atom. The third kappa shape index (κ3) is 7.34. The number of nitrogens with one attached hydrogen (secondary N) is 1. The van der Waals surface area contributed by atoms with E-state index < -0.39 is 0 Å². The number of halogens is 1. The molecular weight excluding hydrogens is 536 g/mol. The number of rotatable bonds is 12. The van der Waals surface area contributed by atoms with Crippen LogP contribution in [-0.4, -0.2) is 60.6 Å². The summed E-state index contributed by atoms with van der Waals surface area (Å²) in [4.78, 5) is 10.3. The largest absolute Gasteiger partial charge is 0.384 e. The van der Waals surface area contributed by atoms with Gasteiger partial charge in [-0.15, -0.1) is 0 Å². The van der Waals surface area contributed by atoms with Crippen LogP contribution in [-0.2, 0) is 12.8 Å². The van der Waals surface area contributed by atoms with Gasteiger partial charge in [0, 0.05) is 60.4 Å². The van der Waals surface area contributed by atoms with Crippen LogP contribution in [0.2, 0.25) is 5.02 Å². The zero-order chi connectivity index (χ0) is 28.6. The Morgan fingerprint density at radius 3 is 2.12 bits per heavy atom. The molecule has 4 aromatic rings. The second-order valence-electron chi connectivity index (χ2n) is 12.1. The summed E-state index contributed by atoms with van der Waals surface area (Å²) in [6.07, 6.45) is 9.62. The van der Waals surface area contributed by atoms with Crippen molar-refractivity contribution in [3.05, 3.63) is 106 Å². The zero-order valence-corrected chi connectivity index (χ0v) is 25.7. The second-order valence-corrected chi connectivity index (χ2v) is 12.6. The molecule has 0 unspecified atom stereocenters. The predicted octanol–water partition coefficient (Wildman–Crippen LogP) is 8.19. The highest BCUT2D eigenvalue weighted by Crippen LogP contribution is 2.34. The van der Waals surface area contributed by atoms with Crippen molar-refractivity contribution in [2.45, 2.75) is 57.3 Å². The molecule has 3 aromatic carbocycles. The summed E-state index contributed by atoms with van der Waals surface area (Å²) >= 11 is 6.30. The van der Waals surface area contributed by atoms with Crippen molar-refractivity contribution in [1.82, 2.24) is 14.8 Å². The molecule has 0 atom stereocenters. The van der Waals surface area contributed by atoms with Crippen LogP contribution in [0.1, 0.15) is 66.8 Å². The van der Waals surface area contributed by atoms with Gasteiger partial charge in [-0.2, -0.15) is 0 Å². The molecule has 2 aliphatic rings. The molecule has 2 heterocycles. The topological polar surface area (TPSA) is 31.4 Å². The number of aryl methyl sites for hydroxylation is 1. The number of benzene rings is 3. The van der Waals surface area contributed by atoms with Crippen LogP contribution in [0.5, 0.6) is 0 Å². The van der Waals surface area contributed by atoms with Crippen molar-refractivity contribution in [2.75, 3.05) is 51.1 Å². The van der Waals surface area contributed by atoms with E-state index in [4.69, 9.17) is 16.6 Å². The van der Waals surface area contributed by atoms with E-state index >= 15 is 0 Å². The minimum atomic E-state index is 0.465. The normalized spacial score (nSPS) is 16.1. The van der Waals surface area contributed by atoms with Crippen molar-refractivity contribution in [1.29, 1.82) is 0 Å². The summed E-state index contributed by atoms with van der Waals surface area (Å²) in [6.45, 7) is 8.15. The van der Waals surface area contributed by atoms with Crippen molar-refractivity contribution in [3.8, 4) is 0 Å². The molecule has 1 aliphatic carbocycles. The van der Waals surface area contributed by atoms with E-state index in [1.165, 1.54) is 105 Å². The lowest BCUT2D eigenvalue weighted by molar-refractivity contribution is 0.129. The van der Waals surface area contributed by atoms with Gasteiger partial charge in [-0.1, -0.05) is 78.7 Å². The molecule has 220 valence electrons. The molecule has 5 heteroatoms. The SMILES string of the molecule is Clc1ccc2c(NCCCCCN3CCN(CCC(c4ccccc4)c4ccccc4)CC3)c3c(nc2c1)CCCC3. The van der Waals surface area contributed by atoms with Gasteiger partial charge in [0.05, 0.1) is 5.52 Å². The average molecular weight is 581 g/mol. The molecule has 1 N–H and O–H groups in total. The van der Waals surface area contributed by atoms with Crippen molar-refractivity contribution in [3.63, 3.8) is 0 Å². The van der Waals surface area contributed by atoms with Gasteiger partial charge >= 0.3 is 0 Å². The van der Waals surface area contributed by atoms with Crippen molar-refractivity contribution in [2.24, 2.45) is 0 Å². The first kappa shape index (κ1) is 29.2. The van der Waals surface area contributed by atoms with Crippen LogP contribution >= 0.6 is 11.6 Å². The van der Waals surface area contributed by atoms with E-state index in [-0.39, 0.29) is 0 Å². The fourth-order valence-electron chi connectivity index (χ4n) is 6.90. The maximum absolute atomic E-state index is 6.30. The number of aromatic nitrogens is 1. The minimum Gasteiger partial charge on any atom is -0.384 e. The van der Waals surface area contributed by atoms with Gasteiger partial charge < -0.3 is 15.1 Å². The van der Waals surface area contributed by atoms with E-state index in [0.717, 1.165) is 36.5 Å². The van der Waals surface area contributed by atoms with Gasteiger partial charge in [0.25, 0.3) is 0 Å². The third-order valence-electron chi connectivity index (χ3n) is 9.28. The summed E-state index contributed by atoms with van der Waals surface area (Å²) in [7, 11) is 0. The molecule has 0 bridgehead atoms. The standard InChI is InChI=1S/C37H45ClN4/c38-31-18-19-34-36(28-31)40-35-17-9-8-16-33(35)37(34)39-21-10-3-11-22-41-24-26-42(27-25-41)23-20-32(29-12-4-1-5-13-29)30-14-6-2-7-15-30/h1-2,4-7,12-15,18-19,28,32H,3,8-11,16-17,20-27H2,(H,39,40). The van der Waals surface area contributed by atoms with E-state index in [0.29, 0.717) is 5.92 Å². The third-order valence-corrected chi connectivity index (χ3v) is 9.52. The van der Waals surface area contributed by atoms with Crippen LogP contribution in [0.3, 0.4) is 0 Å². The first-order valence-corrected chi connectivity index (χ1v) is 16.5. The molecule has 1 saturated heterocycles. The summed E-state index contributed by atoms with van der Waals surface area (Å²) < 4.78 is 0. The molecule has 1 aliphatic heterocycles. The lowest BCUT2D eigenvalue weighted by Gasteiger charge is -2.35. The molecule has 0 saturated carbocycles. The van der Waals surface area contributed by atoms with E-state index in [9.17, 15) is 0 Å². The van der Waals surface area contributed by atoms with Crippen LogP contribution in [0.15, 0.2) is 78.9 Å². The first-order valence-electron chi connectivity index (χ1n) is 16.1. The summed E-state index contributed by atoms with van der Waals surface area (Å²) in [5.74, 6) is 0.465. The quantitative estimate of drug-likeness (QED) is 0.171. The Hall–Kier alpha value is -2.92. The Labute approximate surface area is 257 Å². The number of nitrogens with zero attached hydrogens (tertiary/aromatic N) is 3. The summed E-state index contributed by atoms with van der Waals surface area (Å²) in [5.41, 5.74) is 7.90. The van der Waals surface area contributed by atoms with Crippen LogP contribution < -0.4 is 5.32 Å². The lowest BCUT2D eigenvalue weighted by Crippen LogP contribution is -2.46. The number of hydrogen-bond donors (Lipinski definition) is 1. The van der Waals surface area contributed by atoms with Gasteiger partial charge in [0.15, 0.2) is 0 Å². The van der Waals surface area contributed by atoms with E-state index in [2.05, 4.69) is 81.8 Å².